The van der Waals surface area contributed by atoms with Gasteiger partial charge in [-0.1, -0.05) is 24.4 Å². The Balaban J connectivity index is 2.36. The first-order chi connectivity index (χ1) is 9.38. The van der Waals surface area contributed by atoms with Crippen LogP contribution in [-0.2, 0) is 6.18 Å². The Morgan fingerprint density at radius 1 is 1.20 bits per heavy atom. The van der Waals surface area contributed by atoms with Crippen LogP contribution in [0.2, 0.25) is 0 Å². The summed E-state index contributed by atoms with van der Waals surface area (Å²) >= 11 is 4.78. The summed E-state index contributed by atoms with van der Waals surface area (Å²) in [6.45, 7) is 0. The molecule has 0 fully saturated rings. The minimum Gasteiger partial charge on any atom is -0.388 e. The molecule has 0 unspecified atom stereocenters. The van der Waals surface area contributed by atoms with Gasteiger partial charge in [0.25, 0.3) is 0 Å². The minimum absolute atomic E-state index is 0.0416. The lowest BCUT2D eigenvalue weighted by Crippen LogP contribution is -2.12. The van der Waals surface area contributed by atoms with Gasteiger partial charge in [-0.05, 0) is 24.3 Å². The standard InChI is InChI=1S/C13H10F3N3S/c14-13(15,16)9-3-1-2-4-10(9)19-8-5-6-18-11(7-8)12(17)20/h1-7H,(H2,17,20)(H,18,19). The molecule has 1 aromatic carbocycles. The van der Waals surface area contributed by atoms with E-state index in [-0.39, 0.29) is 10.7 Å². The normalized spacial score (nSPS) is 11.2. The third-order valence-corrected chi connectivity index (χ3v) is 2.73. The van der Waals surface area contributed by atoms with Crippen LogP contribution >= 0.6 is 12.2 Å². The van der Waals surface area contributed by atoms with Gasteiger partial charge in [-0.2, -0.15) is 13.2 Å². The Bertz CT molecular complexity index is 641. The lowest BCUT2D eigenvalue weighted by atomic mass is 10.1. The SMILES string of the molecule is NC(=S)c1cc(Nc2ccccc2C(F)(F)F)ccn1. The summed E-state index contributed by atoms with van der Waals surface area (Å²) in [5, 5.41) is 2.70. The van der Waals surface area contributed by atoms with Crippen molar-refractivity contribution in [2.45, 2.75) is 6.18 Å². The fourth-order valence-corrected chi connectivity index (χ4v) is 1.75. The van der Waals surface area contributed by atoms with Gasteiger partial charge >= 0.3 is 6.18 Å². The van der Waals surface area contributed by atoms with Crippen molar-refractivity contribution in [2.75, 3.05) is 5.32 Å². The number of alkyl halides is 3. The molecule has 104 valence electrons. The number of anilines is 2. The number of nitrogens with zero attached hydrogens (tertiary/aromatic N) is 1. The van der Waals surface area contributed by atoms with Crippen LogP contribution in [0.1, 0.15) is 11.3 Å². The quantitative estimate of drug-likeness (QED) is 0.852. The van der Waals surface area contributed by atoms with Gasteiger partial charge in [0.15, 0.2) is 0 Å². The molecule has 1 aromatic heterocycles. The van der Waals surface area contributed by atoms with Crippen LogP contribution in [0.4, 0.5) is 24.5 Å². The van der Waals surface area contributed by atoms with E-state index in [1.807, 2.05) is 0 Å². The van der Waals surface area contributed by atoms with Gasteiger partial charge in [-0.15, -0.1) is 0 Å². The Hall–Kier alpha value is -2.15. The van der Waals surface area contributed by atoms with E-state index in [4.69, 9.17) is 18.0 Å². The first-order valence-electron chi connectivity index (χ1n) is 5.57. The maximum Gasteiger partial charge on any atom is 0.418 e. The van der Waals surface area contributed by atoms with Gasteiger partial charge in [0.05, 0.1) is 16.9 Å². The fraction of sp³-hybridized carbons (Fsp3) is 0.0769. The zero-order valence-electron chi connectivity index (χ0n) is 10.1. The van der Waals surface area contributed by atoms with Crippen molar-refractivity contribution in [3.05, 3.63) is 53.9 Å². The molecule has 20 heavy (non-hydrogen) atoms. The second-order valence-corrected chi connectivity index (χ2v) is 4.40. The lowest BCUT2D eigenvalue weighted by Gasteiger charge is -2.14. The van der Waals surface area contributed by atoms with E-state index in [0.717, 1.165) is 6.07 Å². The third-order valence-electron chi connectivity index (χ3n) is 2.52. The second-order valence-electron chi connectivity index (χ2n) is 3.96. The van der Waals surface area contributed by atoms with Gasteiger partial charge in [0.2, 0.25) is 0 Å². The highest BCUT2D eigenvalue weighted by Crippen LogP contribution is 2.35. The Labute approximate surface area is 118 Å². The third kappa shape index (κ3) is 3.24. The van der Waals surface area contributed by atoms with Crippen molar-refractivity contribution >= 4 is 28.6 Å². The molecule has 0 saturated heterocycles. The van der Waals surface area contributed by atoms with E-state index in [1.165, 1.54) is 36.5 Å². The molecule has 2 rings (SSSR count). The summed E-state index contributed by atoms with van der Waals surface area (Å²) in [5.74, 6) is 0. The molecule has 0 aliphatic rings. The number of hydrogen-bond donors (Lipinski definition) is 2. The number of pyridine rings is 1. The van der Waals surface area contributed by atoms with Crippen LogP contribution in [0.25, 0.3) is 0 Å². The van der Waals surface area contributed by atoms with Crippen molar-refractivity contribution in [2.24, 2.45) is 5.73 Å². The largest absolute Gasteiger partial charge is 0.418 e. The topological polar surface area (TPSA) is 50.9 Å². The number of nitrogens with one attached hydrogen (secondary N) is 1. The number of hydrogen-bond acceptors (Lipinski definition) is 3. The zero-order chi connectivity index (χ0) is 14.8. The molecule has 0 aliphatic carbocycles. The molecule has 0 radical (unpaired) electrons. The first kappa shape index (κ1) is 14.3. The second kappa shape index (κ2) is 5.46. The summed E-state index contributed by atoms with van der Waals surface area (Å²) in [4.78, 5) is 4.00. The highest BCUT2D eigenvalue weighted by molar-refractivity contribution is 7.80. The number of benzene rings is 1. The summed E-state index contributed by atoms with van der Waals surface area (Å²) in [5.41, 5.74) is 5.43. The van der Waals surface area contributed by atoms with Crippen molar-refractivity contribution < 1.29 is 13.2 Å². The predicted octanol–water partition coefficient (Wildman–Crippen LogP) is 3.48. The van der Waals surface area contributed by atoms with Crippen LogP contribution in [0.15, 0.2) is 42.6 Å². The number of thiocarbonyl (C=S) groups is 1. The van der Waals surface area contributed by atoms with Gasteiger partial charge in [-0.25, -0.2) is 0 Å². The maximum atomic E-state index is 12.9. The highest BCUT2D eigenvalue weighted by Gasteiger charge is 2.33. The molecule has 0 bridgehead atoms. The average molecular weight is 297 g/mol. The number of halogens is 3. The highest BCUT2D eigenvalue weighted by atomic mass is 32.1. The molecular weight excluding hydrogens is 287 g/mol. The summed E-state index contributed by atoms with van der Waals surface area (Å²) in [7, 11) is 0. The fourth-order valence-electron chi connectivity index (χ4n) is 1.64. The predicted molar refractivity (Wildman–Crippen MR) is 74.9 cm³/mol. The van der Waals surface area contributed by atoms with E-state index in [0.29, 0.717) is 11.4 Å². The van der Waals surface area contributed by atoms with Crippen LogP contribution in [0.5, 0.6) is 0 Å². The molecule has 0 saturated carbocycles. The molecule has 7 heteroatoms. The van der Waals surface area contributed by atoms with Crippen molar-refractivity contribution in [3.63, 3.8) is 0 Å². The van der Waals surface area contributed by atoms with E-state index >= 15 is 0 Å². The summed E-state index contributed by atoms with van der Waals surface area (Å²) < 4.78 is 38.6. The Morgan fingerprint density at radius 2 is 1.90 bits per heavy atom. The molecule has 2 aromatic rings. The van der Waals surface area contributed by atoms with Crippen LogP contribution < -0.4 is 11.1 Å². The van der Waals surface area contributed by atoms with Gasteiger partial charge in [0.1, 0.15) is 4.99 Å². The molecular formula is C13H10F3N3S. The molecule has 0 aliphatic heterocycles. The average Bonchev–Trinajstić information content (AvgIpc) is 2.38. The molecule has 3 nitrogen and oxygen atoms in total. The van der Waals surface area contributed by atoms with Crippen molar-refractivity contribution in [1.82, 2.24) is 4.98 Å². The Kier molecular flexibility index (Phi) is 3.89. The zero-order valence-corrected chi connectivity index (χ0v) is 10.9. The van der Waals surface area contributed by atoms with Crippen LogP contribution in [-0.4, -0.2) is 9.97 Å². The van der Waals surface area contributed by atoms with Crippen molar-refractivity contribution in [3.8, 4) is 0 Å². The molecule has 1 heterocycles. The molecule has 0 amide bonds. The molecule has 3 N–H and O–H groups in total. The number of para-hydroxylation sites is 1. The van der Waals surface area contributed by atoms with E-state index in [2.05, 4.69) is 10.3 Å². The maximum absolute atomic E-state index is 12.9. The smallest absolute Gasteiger partial charge is 0.388 e. The van der Waals surface area contributed by atoms with E-state index < -0.39 is 11.7 Å². The minimum atomic E-state index is -4.43. The summed E-state index contributed by atoms with van der Waals surface area (Å²) in [6, 6.07) is 8.25. The van der Waals surface area contributed by atoms with E-state index in [9.17, 15) is 13.2 Å². The number of rotatable bonds is 3. The van der Waals surface area contributed by atoms with Crippen molar-refractivity contribution in [1.29, 1.82) is 0 Å². The van der Waals surface area contributed by atoms with Crippen LogP contribution in [0.3, 0.4) is 0 Å². The number of aromatic nitrogens is 1. The van der Waals surface area contributed by atoms with E-state index in [1.54, 1.807) is 0 Å². The Morgan fingerprint density at radius 3 is 2.55 bits per heavy atom. The van der Waals surface area contributed by atoms with Crippen LogP contribution in [0, 0.1) is 0 Å². The lowest BCUT2D eigenvalue weighted by molar-refractivity contribution is -0.136. The monoisotopic (exact) mass is 297 g/mol. The number of nitrogens with two attached hydrogens (primary N) is 1. The molecule has 0 spiro atoms. The van der Waals surface area contributed by atoms with Gasteiger partial charge in [-0.3, -0.25) is 4.98 Å². The first-order valence-corrected chi connectivity index (χ1v) is 5.98. The van der Waals surface area contributed by atoms with Gasteiger partial charge < -0.3 is 11.1 Å². The molecule has 0 atom stereocenters. The summed E-state index contributed by atoms with van der Waals surface area (Å²) in [6.07, 6.45) is -3.00. The van der Waals surface area contributed by atoms with Gasteiger partial charge in [0, 0.05) is 11.9 Å².